The summed E-state index contributed by atoms with van der Waals surface area (Å²) in [6.45, 7) is 0.605. The van der Waals surface area contributed by atoms with Gasteiger partial charge < -0.3 is 10.6 Å². The first kappa shape index (κ1) is 19.0. The Balaban J connectivity index is 1.79. The third-order valence-electron chi connectivity index (χ3n) is 4.32. The minimum atomic E-state index is -1.84. The highest BCUT2D eigenvalue weighted by Crippen LogP contribution is 2.31. The molecule has 4 amide bonds. The fraction of sp³-hybridized carbons (Fsp3) is 0.158. The van der Waals surface area contributed by atoms with Gasteiger partial charge >= 0.3 is 6.03 Å². The Kier molecular flexibility index (Phi) is 4.79. The van der Waals surface area contributed by atoms with E-state index in [-0.39, 0.29) is 5.56 Å². The van der Waals surface area contributed by atoms with Crippen molar-refractivity contribution in [2.45, 2.75) is 12.5 Å². The minimum absolute atomic E-state index is 0.315. The van der Waals surface area contributed by atoms with Gasteiger partial charge in [-0.05, 0) is 43.3 Å². The molecule has 0 saturated carbocycles. The molecule has 3 rings (SSSR count). The Morgan fingerprint density at radius 3 is 2.71 bits per heavy atom. The number of hydrogen-bond acceptors (Lipinski definition) is 4. The summed E-state index contributed by atoms with van der Waals surface area (Å²) in [5.41, 5.74) is -1.54. The standard InChI is InChI=1S/C19H14F2N4O3/c1-19(14-8-12(20)5-6-15(14)21)17(27)25(18(28)24-19)10-16(26)23-13-4-2-3-11(7-13)9-22/h2-8H,10H2,1H3,(H,23,26)(H,24,28)/t19-/m1/s1. The molecule has 0 bridgehead atoms. The smallest absolute Gasteiger partial charge is 0.324 e. The number of imide groups is 1. The van der Waals surface area contributed by atoms with Crippen LogP contribution >= 0.6 is 0 Å². The molecule has 0 spiro atoms. The molecule has 1 heterocycles. The van der Waals surface area contributed by atoms with Gasteiger partial charge in [-0.3, -0.25) is 14.5 Å². The van der Waals surface area contributed by atoms with Gasteiger partial charge in [0.2, 0.25) is 5.91 Å². The lowest BCUT2D eigenvalue weighted by Gasteiger charge is -2.22. The van der Waals surface area contributed by atoms with Gasteiger partial charge in [0.25, 0.3) is 5.91 Å². The summed E-state index contributed by atoms with van der Waals surface area (Å²) < 4.78 is 27.6. The predicted octanol–water partition coefficient (Wildman–Crippen LogP) is 2.24. The molecule has 2 N–H and O–H groups in total. The number of nitrogens with one attached hydrogen (secondary N) is 2. The molecule has 7 nitrogen and oxygen atoms in total. The average Bonchev–Trinajstić information content (AvgIpc) is 2.87. The first-order valence-corrected chi connectivity index (χ1v) is 8.14. The Labute approximate surface area is 158 Å². The molecule has 1 atom stereocenters. The number of carbonyl (C=O) groups excluding carboxylic acids is 3. The number of benzene rings is 2. The van der Waals surface area contributed by atoms with Gasteiger partial charge in [-0.25, -0.2) is 13.6 Å². The summed E-state index contributed by atoms with van der Waals surface area (Å²) in [6.07, 6.45) is 0. The summed E-state index contributed by atoms with van der Waals surface area (Å²) in [5.74, 6) is -3.21. The Bertz CT molecular complexity index is 1030. The van der Waals surface area contributed by atoms with Crippen LogP contribution in [0.5, 0.6) is 0 Å². The van der Waals surface area contributed by atoms with E-state index in [0.717, 1.165) is 18.2 Å². The monoisotopic (exact) mass is 384 g/mol. The molecule has 1 aliphatic heterocycles. The molecule has 1 aliphatic rings. The maximum Gasteiger partial charge on any atom is 0.325 e. The van der Waals surface area contributed by atoms with Gasteiger partial charge in [-0.2, -0.15) is 5.26 Å². The summed E-state index contributed by atoms with van der Waals surface area (Å²) in [5, 5.41) is 13.7. The van der Waals surface area contributed by atoms with E-state index in [2.05, 4.69) is 10.6 Å². The van der Waals surface area contributed by atoms with Crippen LogP contribution < -0.4 is 10.6 Å². The molecule has 2 aromatic rings. The summed E-state index contributed by atoms with van der Waals surface area (Å²) in [7, 11) is 0. The fourth-order valence-corrected chi connectivity index (χ4v) is 2.91. The molecule has 0 radical (unpaired) electrons. The maximum atomic E-state index is 14.1. The lowest BCUT2D eigenvalue weighted by Crippen LogP contribution is -2.42. The van der Waals surface area contributed by atoms with E-state index in [1.807, 2.05) is 6.07 Å². The Morgan fingerprint density at radius 1 is 1.25 bits per heavy atom. The second kappa shape index (κ2) is 7.08. The van der Waals surface area contributed by atoms with E-state index in [0.29, 0.717) is 16.2 Å². The molecular formula is C19H14F2N4O3. The molecule has 9 heteroatoms. The van der Waals surface area contributed by atoms with Crippen LogP contribution in [0.1, 0.15) is 18.1 Å². The van der Waals surface area contributed by atoms with Crippen LogP contribution in [0, 0.1) is 23.0 Å². The topological polar surface area (TPSA) is 102 Å². The lowest BCUT2D eigenvalue weighted by molar-refractivity contribution is -0.133. The van der Waals surface area contributed by atoms with Gasteiger partial charge in [0.1, 0.15) is 23.7 Å². The van der Waals surface area contributed by atoms with Crippen LogP contribution in [0.15, 0.2) is 42.5 Å². The SMILES string of the molecule is C[C@]1(c2cc(F)ccc2F)NC(=O)N(CC(=O)Nc2cccc(C#N)c2)C1=O. The highest BCUT2D eigenvalue weighted by atomic mass is 19.1. The molecule has 28 heavy (non-hydrogen) atoms. The number of nitriles is 1. The van der Waals surface area contributed by atoms with Crippen molar-refractivity contribution >= 4 is 23.5 Å². The summed E-state index contributed by atoms with van der Waals surface area (Å²) in [4.78, 5) is 37.8. The predicted molar refractivity (Wildman–Crippen MR) is 93.7 cm³/mol. The fourth-order valence-electron chi connectivity index (χ4n) is 2.91. The number of anilines is 1. The molecule has 0 aromatic heterocycles. The van der Waals surface area contributed by atoms with Crippen LogP contribution in [-0.2, 0) is 15.1 Å². The van der Waals surface area contributed by atoms with E-state index >= 15 is 0 Å². The number of amides is 4. The second-order valence-corrected chi connectivity index (χ2v) is 6.31. The zero-order valence-electron chi connectivity index (χ0n) is 14.6. The number of rotatable bonds is 4. The van der Waals surface area contributed by atoms with Crippen molar-refractivity contribution in [1.82, 2.24) is 10.2 Å². The van der Waals surface area contributed by atoms with Crippen molar-refractivity contribution in [3.63, 3.8) is 0 Å². The van der Waals surface area contributed by atoms with E-state index in [1.165, 1.54) is 19.1 Å². The van der Waals surface area contributed by atoms with E-state index < -0.39 is 41.6 Å². The molecule has 0 aliphatic carbocycles. The van der Waals surface area contributed by atoms with Crippen molar-refractivity contribution in [3.8, 4) is 6.07 Å². The zero-order chi connectivity index (χ0) is 20.5. The highest BCUT2D eigenvalue weighted by Gasteiger charge is 2.50. The van der Waals surface area contributed by atoms with Gasteiger partial charge in [0.15, 0.2) is 0 Å². The highest BCUT2D eigenvalue weighted by molar-refractivity contribution is 6.10. The van der Waals surface area contributed by atoms with Crippen molar-refractivity contribution in [3.05, 3.63) is 65.2 Å². The quantitative estimate of drug-likeness (QED) is 0.789. The van der Waals surface area contributed by atoms with Gasteiger partial charge in [0.05, 0.1) is 11.6 Å². The molecule has 1 fully saturated rings. The summed E-state index contributed by atoms with van der Waals surface area (Å²) in [6, 6.07) is 9.66. The minimum Gasteiger partial charge on any atom is -0.324 e. The number of nitrogens with zero attached hydrogens (tertiary/aromatic N) is 2. The normalized spacial score (nSPS) is 18.6. The third-order valence-corrected chi connectivity index (χ3v) is 4.32. The number of carbonyl (C=O) groups is 3. The van der Waals surface area contributed by atoms with Crippen LogP contribution in [0.2, 0.25) is 0 Å². The van der Waals surface area contributed by atoms with Crippen molar-refractivity contribution in [2.24, 2.45) is 0 Å². The van der Waals surface area contributed by atoms with Crippen LogP contribution in [0.25, 0.3) is 0 Å². The number of halogens is 2. The van der Waals surface area contributed by atoms with E-state index in [1.54, 1.807) is 12.1 Å². The summed E-state index contributed by atoms with van der Waals surface area (Å²) >= 11 is 0. The Hall–Kier alpha value is -3.80. The maximum absolute atomic E-state index is 14.1. The van der Waals surface area contributed by atoms with Crippen LogP contribution in [-0.4, -0.2) is 29.3 Å². The number of hydrogen-bond donors (Lipinski definition) is 2. The average molecular weight is 384 g/mol. The first-order chi connectivity index (χ1) is 13.2. The molecular weight excluding hydrogens is 370 g/mol. The van der Waals surface area contributed by atoms with Crippen molar-refractivity contribution < 1.29 is 23.2 Å². The van der Waals surface area contributed by atoms with Gasteiger partial charge in [-0.15, -0.1) is 0 Å². The first-order valence-electron chi connectivity index (χ1n) is 8.14. The van der Waals surface area contributed by atoms with E-state index in [4.69, 9.17) is 5.26 Å². The van der Waals surface area contributed by atoms with E-state index in [9.17, 15) is 23.2 Å². The number of urea groups is 1. The second-order valence-electron chi connectivity index (χ2n) is 6.31. The van der Waals surface area contributed by atoms with Crippen LogP contribution in [0.3, 0.4) is 0 Å². The molecule has 0 unspecified atom stereocenters. The molecule has 142 valence electrons. The van der Waals surface area contributed by atoms with Crippen molar-refractivity contribution in [2.75, 3.05) is 11.9 Å². The van der Waals surface area contributed by atoms with Gasteiger partial charge in [-0.1, -0.05) is 6.07 Å². The van der Waals surface area contributed by atoms with Gasteiger partial charge in [0, 0.05) is 11.3 Å². The van der Waals surface area contributed by atoms with Crippen LogP contribution in [0.4, 0.5) is 19.3 Å². The third kappa shape index (κ3) is 3.40. The molecule has 1 saturated heterocycles. The zero-order valence-corrected chi connectivity index (χ0v) is 14.6. The largest absolute Gasteiger partial charge is 0.325 e. The lowest BCUT2D eigenvalue weighted by atomic mass is 9.91. The Morgan fingerprint density at radius 2 is 2.00 bits per heavy atom. The van der Waals surface area contributed by atoms with Crippen molar-refractivity contribution in [1.29, 1.82) is 5.26 Å². The molecule has 2 aromatic carbocycles.